The highest BCUT2D eigenvalue weighted by molar-refractivity contribution is 5.77. The van der Waals surface area contributed by atoms with Gasteiger partial charge in [-0.3, -0.25) is 4.79 Å². The van der Waals surface area contributed by atoms with E-state index >= 15 is 0 Å². The van der Waals surface area contributed by atoms with Gasteiger partial charge in [-0.15, -0.1) is 0 Å². The van der Waals surface area contributed by atoms with Gasteiger partial charge in [-0.25, -0.2) is 0 Å². The number of hydrogen-bond acceptors (Lipinski definition) is 4. The Morgan fingerprint density at radius 3 is 2.38 bits per heavy atom. The van der Waals surface area contributed by atoms with Crippen molar-refractivity contribution in [1.82, 2.24) is 5.32 Å². The number of nitrogens with one attached hydrogen (secondary N) is 1. The molecule has 1 amide bonds. The van der Waals surface area contributed by atoms with Gasteiger partial charge in [0.05, 0.1) is 0 Å². The van der Waals surface area contributed by atoms with Crippen LogP contribution in [0.25, 0.3) is 0 Å². The van der Waals surface area contributed by atoms with Gasteiger partial charge in [0, 0.05) is 6.54 Å². The zero-order chi connectivity index (χ0) is 19.0. The first-order valence-corrected chi connectivity index (χ1v) is 7.79. The summed E-state index contributed by atoms with van der Waals surface area (Å²) in [6, 6.07) is 12.5. The van der Waals surface area contributed by atoms with Crippen molar-refractivity contribution >= 4 is 5.91 Å². The number of ether oxygens (including phenoxy) is 2. The summed E-state index contributed by atoms with van der Waals surface area (Å²) < 4.78 is 46.7. The predicted octanol–water partition coefficient (Wildman–Crippen LogP) is 3.07. The first-order chi connectivity index (χ1) is 12.3. The SMILES string of the molecule is O=C(COc1ccccc1OCC(F)(F)F)NCCc1cccc(O)c1. The Hall–Kier alpha value is -2.90. The Morgan fingerprint density at radius 2 is 1.73 bits per heavy atom. The maximum atomic E-state index is 12.2. The molecule has 0 aliphatic rings. The molecule has 0 bridgehead atoms. The average molecular weight is 369 g/mol. The van der Waals surface area contributed by atoms with Crippen LogP contribution in [0.2, 0.25) is 0 Å². The number of carbonyl (C=O) groups excluding carboxylic acids is 1. The fourth-order valence-electron chi connectivity index (χ4n) is 2.10. The molecule has 0 saturated heterocycles. The molecule has 26 heavy (non-hydrogen) atoms. The molecule has 2 aromatic rings. The molecule has 2 rings (SSSR count). The molecule has 0 radical (unpaired) electrons. The number of para-hydroxylation sites is 2. The minimum Gasteiger partial charge on any atom is -0.508 e. The van der Waals surface area contributed by atoms with Gasteiger partial charge in [-0.2, -0.15) is 13.2 Å². The number of benzene rings is 2. The Balaban J connectivity index is 1.78. The highest BCUT2D eigenvalue weighted by Crippen LogP contribution is 2.28. The number of aromatic hydroxyl groups is 1. The van der Waals surface area contributed by atoms with Crippen LogP contribution < -0.4 is 14.8 Å². The highest BCUT2D eigenvalue weighted by Gasteiger charge is 2.29. The second-order valence-corrected chi connectivity index (χ2v) is 5.41. The predicted molar refractivity (Wildman–Crippen MR) is 88.3 cm³/mol. The van der Waals surface area contributed by atoms with Crippen LogP contribution in [-0.2, 0) is 11.2 Å². The number of rotatable bonds is 8. The van der Waals surface area contributed by atoms with E-state index in [-0.39, 0.29) is 23.9 Å². The van der Waals surface area contributed by atoms with E-state index in [9.17, 15) is 23.1 Å². The summed E-state index contributed by atoms with van der Waals surface area (Å²) in [5.41, 5.74) is 0.858. The Labute approximate surface area is 148 Å². The number of hydrogen-bond donors (Lipinski definition) is 2. The van der Waals surface area contributed by atoms with E-state index in [0.717, 1.165) is 5.56 Å². The smallest absolute Gasteiger partial charge is 0.422 e. The topological polar surface area (TPSA) is 67.8 Å². The molecule has 5 nitrogen and oxygen atoms in total. The average Bonchev–Trinajstić information content (AvgIpc) is 2.58. The molecule has 0 unspecified atom stereocenters. The molecule has 0 atom stereocenters. The zero-order valence-electron chi connectivity index (χ0n) is 13.8. The summed E-state index contributed by atoms with van der Waals surface area (Å²) >= 11 is 0. The largest absolute Gasteiger partial charge is 0.508 e. The normalized spacial score (nSPS) is 11.0. The number of amides is 1. The van der Waals surface area contributed by atoms with E-state index in [2.05, 4.69) is 10.1 Å². The Kier molecular flexibility index (Phi) is 6.71. The second kappa shape index (κ2) is 8.98. The lowest BCUT2D eigenvalue weighted by molar-refractivity contribution is -0.153. The van der Waals surface area contributed by atoms with Crippen molar-refractivity contribution in [2.45, 2.75) is 12.6 Å². The third kappa shape index (κ3) is 6.92. The third-order valence-electron chi connectivity index (χ3n) is 3.25. The Morgan fingerprint density at radius 1 is 1.04 bits per heavy atom. The summed E-state index contributed by atoms with van der Waals surface area (Å²) in [5, 5.41) is 12.0. The van der Waals surface area contributed by atoms with Crippen LogP contribution in [0.5, 0.6) is 17.2 Å². The van der Waals surface area contributed by atoms with E-state index in [0.29, 0.717) is 13.0 Å². The lowest BCUT2D eigenvalue weighted by Crippen LogP contribution is -2.30. The van der Waals surface area contributed by atoms with E-state index in [1.165, 1.54) is 18.2 Å². The van der Waals surface area contributed by atoms with Crippen molar-refractivity contribution in [3.8, 4) is 17.2 Å². The molecule has 2 aromatic carbocycles. The Bertz CT molecular complexity index is 734. The number of phenolic OH excluding ortho intramolecular Hbond substituents is 1. The van der Waals surface area contributed by atoms with Crippen molar-refractivity contribution in [3.05, 3.63) is 54.1 Å². The van der Waals surface area contributed by atoms with E-state index in [4.69, 9.17) is 4.74 Å². The van der Waals surface area contributed by atoms with Crippen LogP contribution in [0, 0.1) is 0 Å². The quantitative estimate of drug-likeness (QED) is 0.751. The summed E-state index contributed by atoms with van der Waals surface area (Å²) in [6.07, 6.45) is -3.94. The zero-order valence-corrected chi connectivity index (χ0v) is 13.8. The van der Waals surface area contributed by atoms with Crippen LogP contribution >= 0.6 is 0 Å². The number of alkyl halides is 3. The first kappa shape index (κ1) is 19.4. The van der Waals surface area contributed by atoms with Gasteiger partial charge in [0.1, 0.15) is 5.75 Å². The minimum absolute atomic E-state index is 0.0554. The minimum atomic E-state index is -4.46. The van der Waals surface area contributed by atoms with Crippen LogP contribution in [-0.4, -0.2) is 36.9 Å². The van der Waals surface area contributed by atoms with E-state index in [1.807, 2.05) is 6.07 Å². The fourth-order valence-corrected chi connectivity index (χ4v) is 2.10. The lowest BCUT2D eigenvalue weighted by atomic mass is 10.1. The van der Waals surface area contributed by atoms with Crippen LogP contribution in [0.4, 0.5) is 13.2 Å². The summed E-state index contributed by atoms with van der Waals surface area (Å²) in [4.78, 5) is 11.8. The number of phenols is 1. The fraction of sp³-hybridized carbons (Fsp3) is 0.278. The van der Waals surface area contributed by atoms with Gasteiger partial charge < -0.3 is 19.9 Å². The maximum Gasteiger partial charge on any atom is 0.422 e. The van der Waals surface area contributed by atoms with Crippen LogP contribution in [0.1, 0.15) is 5.56 Å². The molecule has 0 fully saturated rings. The molecule has 8 heteroatoms. The van der Waals surface area contributed by atoms with Crippen LogP contribution in [0.3, 0.4) is 0 Å². The second-order valence-electron chi connectivity index (χ2n) is 5.41. The number of halogens is 3. The molecular formula is C18H18F3NO4. The van der Waals surface area contributed by atoms with Crippen molar-refractivity contribution < 1.29 is 32.5 Å². The molecule has 140 valence electrons. The van der Waals surface area contributed by atoms with Crippen molar-refractivity contribution in [2.24, 2.45) is 0 Å². The molecule has 0 aromatic heterocycles. The van der Waals surface area contributed by atoms with Crippen LogP contribution in [0.15, 0.2) is 48.5 Å². The molecule has 2 N–H and O–H groups in total. The standard InChI is InChI=1S/C18H18F3NO4/c19-18(20,21)12-26-16-7-2-1-6-15(16)25-11-17(24)22-9-8-13-4-3-5-14(23)10-13/h1-7,10,23H,8-9,11-12H2,(H,22,24). The first-order valence-electron chi connectivity index (χ1n) is 7.79. The third-order valence-corrected chi connectivity index (χ3v) is 3.25. The molecule has 0 heterocycles. The maximum absolute atomic E-state index is 12.2. The molecule has 0 aliphatic heterocycles. The van der Waals surface area contributed by atoms with Gasteiger partial charge in [0.2, 0.25) is 0 Å². The molecule has 0 aliphatic carbocycles. The van der Waals surface area contributed by atoms with Crippen molar-refractivity contribution in [1.29, 1.82) is 0 Å². The van der Waals surface area contributed by atoms with E-state index < -0.39 is 18.7 Å². The molecule has 0 saturated carbocycles. The lowest BCUT2D eigenvalue weighted by Gasteiger charge is -2.13. The van der Waals surface area contributed by atoms with E-state index in [1.54, 1.807) is 24.3 Å². The molecular weight excluding hydrogens is 351 g/mol. The van der Waals surface area contributed by atoms with Gasteiger partial charge >= 0.3 is 6.18 Å². The summed E-state index contributed by atoms with van der Waals surface area (Å²) in [7, 11) is 0. The summed E-state index contributed by atoms with van der Waals surface area (Å²) in [6.45, 7) is -1.46. The van der Waals surface area contributed by atoms with Gasteiger partial charge in [-0.1, -0.05) is 24.3 Å². The number of carbonyl (C=O) groups is 1. The van der Waals surface area contributed by atoms with Gasteiger partial charge in [-0.05, 0) is 36.2 Å². The van der Waals surface area contributed by atoms with Gasteiger partial charge in [0.15, 0.2) is 24.7 Å². The van der Waals surface area contributed by atoms with Crippen molar-refractivity contribution in [2.75, 3.05) is 19.8 Å². The molecule has 0 spiro atoms. The highest BCUT2D eigenvalue weighted by atomic mass is 19.4. The van der Waals surface area contributed by atoms with Gasteiger partial charge in [0.25, 0.3) is 5.91 Å². The summed E-state index contributed by atoms with van der Waals surface area (Å²) in [5.74, 6) is -0.305. The monoisotopic (exact) mass is 369 g/mol. The van der Waals surface area contributed by atoms with Crippen molar-refractivity contribution in [3.63, 3.8) is 0 Å².